The molecule has 0 aliphatic carbocycles. The third-order valence-electron chi connectivity index (χ3n) is 4.78. The van der Waals surface area contributed by atoms with E-state index in [-0.39, 0.29) is 12.7 Å². The lowest BCUT2D eigenvalue weighted by molar-refractivity contribution is -0.118. The minimum Gasteiger partial charge on any atom is -0.495 e. The molecule has 1 aliphatic rings. The lowest BCUT2D eigenvalue weighted by atomic mass is 10.1. The van der Waals surface area contributed by atoms with Crippen molar-refractivity contribution in [2.24, 2.45) is 0 Å². The number of halogens is 1. The fourth-order valence-electron chi connectivity index (χ4n) is 3.15. The first-order chi connectivity index (χ1) is 15.5. The van der Waals surface area contributed by atoms with E-state index >= 15 is 0 Å². The number of nitrogens with one attached hydrogen (secondary N) is 3. The number of benzene rings is 3. The first-order valence-corrected chi connectivity index (χ1v) is 10.1. The van der Waals surface area contributed by atoms with Gasteiger partial charge in [-0.1, -0.05) is 41.9 Å². The monoisotopic (exact) mass is 453 g/mol. The molecule has 0 spiro atoms. The summed E-state index contributed by atoms with van der Waals surface area (Å²) in [6.45, 7) is 0.115. The van der Waals surface area contributed by atoms with Crippen LogP contribution in [0.5, 0.6) is 17.2 Å². The molecule has 0 fully saturated rings. The molecule has 164 valence electrons. The standard InChI is InChI=1S/C23H20ClN3O5/c1-30-18-10-8-16(12-17(18)24)25-23(29)21(14-5-3-2-4-6-14)26-27-22(28)15-7-9-19-20(11-15)32-13-31-19/h2-12,21,26H,13H2,1H3,(H,25,29)(H,27,28)/t21-/m1/s1. The van der Waals surface area contributed by atoms with E-state index in [1.807, 2.05) is 6.07 Å². The molecule has 0 bridgehead atoms. The van der Waals surface area contributed by atoms with Gasteiger partial charge in [-0.3, -0.25) is 15.0 Å². The van der Waals surface area contributed by atoms with Gasteiger partial charge in [0, 0.05) is 11.3 Å². The highest BCUT2D eigenvalue weighted by atomic mass is 35.5. The van der Waals surface area contributed by atoms with Crippen molar-refractivity contribution in [3.05, 3.63) is 82.9 Å². The SMILES string of the molecule is COc1ccc(NC(=O)[C@H](NNC(=O)c2ccc3c(c2)OCO3)c2ccccc2)cc1Cl. The maximum absolute atomic E-state index is 13.0. The predicted molar refractivity (Wildman–Crippen MR) is 119 cm³/mol. The third-order valence-corrected chi connectivity index (χ3v) is 5.07. The molecule has 1 heterocycles. The molecular weight excluding hydrogens is 434 g/mol. The van der Waals surface area contributed by atoms with Gasteiger partial charge in [-0.05, 0) is 42.0 Å². The van der Waals surface area contributed by atoms with Gasteiger partial charge in [-0.25, -0.2) is 5.43 Å². The molecule has 3 aromatic carbocycles. The van der Waals surface area contributed by atoms with Gasteiger partial charge in [0.25, 0.3) is 5.91 Å². The smallest absolute Gasteiger partial charge is 0.265 e. The Morgan fingerprint density at radius 2 is 1.78 bits per heavy atom. The molecule has 0 saturated carbocycles. The van der Waals surface area contributed by atoms with Crippen molar-refractivity contribution in [2.45, 2.75) is 6.04 Å². The number of hydrazine groups is 1. The van der Waals surface area contributed by atoms with Crippen LogP contribution in [0, 0.1) is 0 Å². The van der Waals surface area contributed by atoms with Crippen molar-refractivity contribution in [3.8, 4) is 17.2 Å². The Kier molecular flexibility index (Phi) is 6.44. The maximum atomic E-state index is 13.0. The number of fused-ring (bicyclic) bond motifs is 1. The molecule has 0 saturated heterocycles. The summed E-state index contributed by atoms with van der Waals surface area (Å²) < 4.78 is 15.7. The van der Waals surface area contributed by atoms with Crippen LogP contribution in [-0.2, 0) is 4.79 Å². The van der Waals surface area contributed by atoms with Gasteiger partial charge in [-0.15, -0.1) is 0 Å². The van der Waals surface area contributed by atoms with E-state index in [0.717, 1.165) is 0 Å². The second kappa shape index (κ2) is 9.59. The van der Waals surface area contributed by atoms with Gasteiger partial charge >= 0.3 is 0 Å². The summed E-state index contributed by atoms with van der Waals surface area (Å²) in [6.07, 6.45) is 0. The van der Waals surface area contributed by atoms with Crippen LogP contribution in [0.1, 0.15) is 22.0 Å². The maximum Gasteiger partial charge on any atom is 0.265 e. The number of hydrogen-bond donors (Lipinski definition) is 3. The lowest BCUT2D eigenvalue weighted by Crippen LogP contribution is -2.44. The fraction of sp³-hybridized carbons (Fsp3) is 0.130. The highest BCUT2D eigenvalue weighted by Gasteiger charge is 2.23. The highest BCUT2D eigenvalue weighted by molar-refractivity contribution is 6.32. The van der Waals surface area contributed by atoms with Gasteiger partial charge in [0.2, 0.25) is 12.7 Å². The summed E-state index contributed by atoms with van der Waals surface area (Å²) >= 11 is 6.15. The predicted octanol–water partition coefficient (Wildman–Crippen LogP) is 3.69. The first-order valence-electron chi connectivity index (χ1n) is 9.70. The average molecular weight is 454 g/mol. The minimum absolute atomic E-state index is 0.115. The van der Waals surface area contributed by atoms with Crippen molar-refractivity contribution in [1.82, 2.24) is 10.9 Å². The van der Waals surface area contributed by atoms with Crippen molar-refractivity contribution >= 4 is 29.1 Å². The largest absolute Gasteiger partial charge is 0.495 e. The molecule has 3 N–H and O–H groups in total. The Labute approximate surface area is 189 Å². The molecule has 0 radical (unpaired) electrons. The van der Waals surface area contributed by atoms with Gasteiger partial charge in [-0.2, -0.15) is 0 Å². The number of hydrogen-bond acceptors (Lipinski definition) is 6. The minimum atomic E-state index is -0.866. The summed E-state index contributed by atoms with van der Waals surface area (Å²) in [5, 5.41) is 3.17. The van der Waals surface area contributed by atoms with Crippen molar-refractivity contribution in [1.29, 1.82) is 0 Å². The van der Waals surface area contributed by atoms with Crippen LogP contribution in [0.25, 0.3) is 0 Å². The molecule has 9 heteroatoms. The summed E-state index contributed by atoms with van der Waals surface area (Å²) in [5.41, 5.74) is 6.92. The van der Waals surface area contributed by atoms with E-state index in [9.17, 15) is 9.59 Å². The van der Waals surface area contributed by atoms with Gasteiger partial charge < -0.3 is 19.5 Å². The molecule has 0 unspecified atom stereocenters. The summed E-state index contributed by atoms with van der Waals surface area (Å²) in [7, 11) is 1.51. The quantitative estimate of drug-likeness (QED) is 0.472. The molecule has 2 amide bonds. The van der Waals surface area contributed by atoms with E-state index in [4.69, 9.17) is 25.8 Å². The molecule has 8 nitrogen and oxygen atoms in total. The molecular formula is C23H20ClN3O5. The van der Waals surface area contributed by atoms with E-state index < -0.39 is 11.9 Å². The summed E-state index contributed by atoms with van der Waals surface area (Å²) in [5.74, 6) is 0.756. The van der Waals surface area contributed by atoms with Crippen molar-refractivity contribution < 1.29 is 23.8 Å². The molecule has 4 rings (SSSR count). The third kappa shape index (κ3) is 4.77. The Hall–Kier alpha value is -3.75. The molecule has 32 heavy (non-hydrogen) atoms. The van der Waals surface area contributed by atoms with Crippen molar-refractivity contribution in [3.63, 3.8) is 0 Å². The Bertz CT molecular complexity index is 1140. The molecule has 1 aliphatic heterocycles. The number of methoxy groups -OCH3 is 1. The summed E-state index contributed by atoms with van der Waals surface area (Å²) in [6, 6.07) is 17.9. The molecule has 3 aromatic rings. The number of anilines is 1. The van der Waals surface area contributed by atoms with Gasteiger partial charge in [0.15, 0.2) is 11.5 Å². The van der Waals surface area contributed by atoms with Gasteiger partial charge in [0.1, 0.15) is 11.8 Å². The van der Waals surface area contributed by atoms with Crippen molar-refractivity contribution in [2.75, 3.05) is 19.2 Å². The van der Waals surface area contributed by atoms with E-state index in [1.165, 1.54) is 7.11 Å². The zero-order valence-corrected chi connectivity index (χ0v) is 17.8. The number of rotatable bonds is 7. The normalized spacial score (nSPS) is 12.7. The zero-order valence-electron chi connectivity index (χ0n) is 17.1. The highest BCUT2D eigenvalue weighted by Crippen LogP contribution is 2.32. The van der Waals surface area contributed by atoms with Crippen LogP contribution < -0.4 is 30.4 Å². The van der Waals surface area contributed by atoms with Crippen LogP contribution in [0.2, 0.25) is 5.02 Å². The van der Waals surface area contributed by atoms with E-state index in [0.29, 0.717) is 39.1 Å². The lowest BCUT2D eigenvalue weighted by Gasteiger charge is -2.20. The van der Waals surface area contributed by atoms with Crippen LogP contribution in [0.4, 0.5) is 5.69 Å². The summed E-state index contributed by atoms with van der Waals surface area (Å²) in [4.78, 5) is 25.7. The number of ether oxygens (including phenoxy) is 3. The Morgan fingerprint density at radius 3 is 2.53 bits per heavy atom. The van der Waals surface area contributed by atoms with Crippen LogP contribution >= 0.6 is 11.6 Å². The molecule has 1 atom stereocenters. The first kappa shape index (κ1) is 21.5. The number of amides is 2. The van der Waals surface area contributed by atoms with E-state index in [1.54, 1.807) is 60.7 Å². The fourth-order valence-corrected chi connectivity index (χ4v) is 3.41. The Morgan fingerprint density at radius 1 is 1.00 bits per heavy atom. The van der Waals surface area contributed by atoms with Crippen LogP contribution in [0.3, 0.4) is 0 Å². The van der Waals surface area contributed by atoms with Crippen LogP contribution in [-0.4, -0.2) is 25.7 Å². The van der Waals surface area contributed by atoms with Gasteiger partial charge in [0.05, 0.1) is 12.1 Å². The van der Waals surface area contributed by atoms with E-state index in [2.05, 4.69) is 16.2 Å². The average Bonchev–Trinajstić information content (AvgIpc) is 3.28. The Balaban J connectivity index is 1.49. The second-order valence-corrected chi connectivity index (χ2v) is 7.26. The molecule has 0 aromatic heterocycles. The number of carbonyl (C=O) groups excluding carboxylic acids is 2. The topological polar surface area (TPSA) is 97.9 Å². The second-order valence-electron chi connectivity index (χ2n) is 6.85. The number of carbonyl (C=O) groups is 2. The van der Waals surface area contributed by atoms with Crippen LogP contribution in [0.15, 0.2) is 66.7 Å². The zero-order chi connectivity index (χ0) is 22.5.